The van der Waals surface area contributed by atoms with Gasteiger partial charge in [0.15, 0.2) is 12.4 Å². The van der Waals surface area contributed by atoms with E-state index < -0.39 is 65.9 Å². The second kappa shape index (κ2) is 19.3. The van der Waals surface area contributed by atoms with Gasteiger partial charge in [0.25, 0.3) is 5.91 Å². The first-order valence-corrected chi connectivity index (χ1v) is 16.5. The number of pyridine rings is 1. The van der Waals surface area contributed by atoms with Crippen molar-refractivity contribution < 1.29 is 42.9 Å². The van der Waals surface area contributed by atoms with Gasteiger partial charge < -0.3 is 36.7 Å². The van der Waals surface area contributed by atoms with E-state index in [4.69, 9.17) is 0 Å². The Morgan fingerprint density at radius 3 is 2.06 bits per heavy atom. The van der Waals surface area contributed by atoms with E-state index in [9.17, 15) is 43.4 Å². The Balaban J connectivity index is 1.76. The van der Waals surface area contributed by atoms with E-state index in [2.05, 4.69) is 21.3 Å². The molecular weight excluding hydrogens is 652 g/mol. The van der Waals surface area contributed by atoms with Gasteiger partial charge in [0, 0.05) is 24.7 Å². The van der Waals surface area contributed by atoms with Crippen LogP contribution in [0.15, 0.2) is 67.0 Å². The van der Waals surface area contributed by atoms with E-state index in [0.717, 1.165) is 30.1 Å². The number of aromatic nitrogens is 1. The maximum Gasteiger partial charge on any atom is 0.252 e. The van der Waals surface area contributed by atoms with Crippen LogP contribution in [0.5, 0.6) is 0 Å². The molecule has 1 aromatic heterocycles. The third-order valence-corrected chi connectivity index (χ3v) is 8.32. The van der Waals surface area contributed by atoms with Crippen LogP contribution < -0.4 is 26.0 Å². The number of hydrogen-bond acceptors (Lipinski definition) is 7. The maximum atomic E-state index is 14.1. The van der Waals surface area contributed by atoms with Crippen LogP contribution >= 0.6 is 0 Å². The molecule has 0 aliphatic rings. The normalized spacial score (nSPS) is 14.1. The van der Waals surface area contributed by atoms with Crippen molar-refractivity contribution in [1.82, 2.24) is 21.3 Å². The highest BCUT2D eigenvalue weighted by Crippen LogP contribution is 2.15. The first-order chi connectivity index (χ1) is 23.8. The molecule has 0 saturated carbocycles. The molecule has 1 unspecified atom stereocenters. The van der Waals surface area contributed by atoms with E-state index >= 15 is 0 Å². The second-order valence-electron chi connectivity index (χ2n) is 12.3. The highest BCUT2D eigenvalue weighted by molar-refractivity contribution is 5.98. The van der Waals surface area contributed by atoms with E-state index in [1.165, 1.54) is 12.1 Å². The zero-order valence-electron chi connectivity index (χ0n) is 28.3. The maximum absolute atomic E-state index is 14.1. The summed E-state index contributed by atoms with van der Waals surface area (Å²) >= 11 is 0. The summed E-state index contributed by atoms with van der Waals surface area (Å²) in [5.41, 5.74) is 1.73. The molecular formula is C36H45F2N5O7. The first-order valence-electron chi connectivity index (χ1n) is 16.5. The van der Waals surface area contributed by atoms with Crippen LogP contribution in [0.25, 0.3) is 0 Å². The molecule has 0 bridgehead atoms. The number of aliphatic hydroxyl groups is 2. The first kappa shape index (κ1) is 39.5. The van der Waals surface area contributed by atoms with Crippen molar-refractivity contribution >= 4 is 23.6 Å². The van der Waals surface area contributed by atoms with Gasteiger partial charge in [-0.3, -0.25) is 19.2 Å². The van der Waals surface area contributed by atoms with E-state index in [1.807, 2.05) is 6.92 Å². The summed E-state index contributed by atoms with van der Waals surface area (Å²) in [5, 5.41) is 42.5. The number of nitrogens with zero attached hydrogens (tertiary/aromatic N) is 1. The Kier molecular flexibility index (Phi) is 15.2. The molecule has 270 valence electrons. The fourth-order valence-corrected chi connectivity index (χ4v) is 5.23. The summed E-state index contributed by atoms with van der Waals surface area (Å²) in [6, 6.07) is 8.93. The quantitative estimate of drug-likeness (QED) is 0.0871. The van der Waals surface area contributed by atoms with Crippen LogP contribution in [0.3, 0.4) is 0 Å². The number of hydrogen-bond donors (Lipinski definition) is 6. The number of amides is 4. The Hall–Kier alpha value is -4.95. The molecule has 0 spiro atoms. The molecule has 4 amide bonds. The van der Waals surface area contributed by atoms with Crippen molar-refractivity contribution in [3.63, 3.8) is 0 Å². The lowest BCUT2D eigenvalue weighted by Gasteiger charge is -2.29. The Bertz CT molecular complexity index is 1570. The number of rotatable bonds is 18. The molecule has 0 saturated heterocycles. The lowest BCUT2D eigenvalue weighted by Crippen LogP contribution is -2.57. The van der Waals surface area contributed by atoms with Crippen molar-refractivity contribution in [1.29, 1.82) is 0 Å². The van der Waals surface area contributed by atoms with E-state index in [-0.39, 0.29) is 43.0 Å². The molecule has 2 aromatic carbocycles. The highest BCUT2D eigenvalue weighted by atomic mass is 19.1. The minimum Gasteiger partial charge on any atom is -0.619 e. The largest absolute Gasteiger partial charge is 0.619 e. The summed E-state index contributed by atoms with van der Waals surface area (Å²) < 4.78 is 28.6. The molecule has 6 N–H and O–H groups in total. The van der Waals surface area contributed by atoms with E-state index in [1.54, 1.807) is 38.1 Å². The van der Waals surface area contributed by atoms with Gasteiger partial charge in [-0.25, -0.2) is 8.78 Å². The lowest BCUT2D eigenvalue weighted by atomic mass is 9.96. The lowest BCUT2D eigenvalue weighted by molar-refractivity contribution is -0.605. The number of carbonyl (C=O) groups excluding carboxylic acids is 4. The number of aliphatic hydroxyl groups excluding tert-OH is 2. The van der Waals surface area contributed by atoms with E-state index in [0.29, 0.717) is 29.2 Å². The molecule has 0 radical (unpaired) electrons. The second-order valence-corrected chi connectivity index (χ2v) is 12.3. The minimum absolute atomic E-state index is 0.121. The van der Waals surface area contributed by atoms with Crippen LogP contribution in [0.2, 0.25) is 0 Å². The monoisotopic (exact) mass is 697 g/mol. The summed E-state index contributed by atoms with van der Waals surface area (Å²) in [7, 11) is 0. The van der Waals surface area contributed by atoms with Crippen LogP contribution in [-0.4, -0.2) is 58.1 Å². The van der Waals surface area contributed by atoms with Gasteiger partial charge in [-0.2, -0.15) is 4.73 Å². The summed E-state index contributed by atoms with van der Waals surface area (Å²) in [6.45, 7) is 5.39. The van der Waals surface area contributed by atoms with Crippen LogP contribution in [0.4, 0.5) is 8.78 Å². The van der Waals surface area contributed by atoms with Gasteiger partial charge in [-0.15, -0.1) is 0 Å². The predicted molar refractivity (Wildman–Crippen MR) is 180 cm³/mol. The van der Waals surface area contributed by atoms with Crippen LogP contribution in [-0.2, 0) is 34.0 Å². The van der Waals surface area contributed by atoms with Crippen LogP contribution in [0.1, 0.15) is 73.5 Å². The zero-order valence-corrected chi connectivity index (χ0v) is 28.3. The minimum atomic E-state index is -1.49. The summed E-state index contributed by atoms with van der Waals surface area (Å²) in [6.07, 6.45) is 1.25. The molecule has 0 aliphatic heterocycles. The number of nitrogens with one attached hydrogen (secondary N) is 4. The Morgan fingerprint density at radius 1 is 0.860 bits per heavy atom. The molecule has 12 nitrogen and oxygen atoms in total. The fraction of sp³-hybridized carbons (Fsp3) is 0.417. The molecule has 50 heavy (non-hydrogen) atoms. The van der Waals surface area contributed by atoms with Crippen molar-refractivity contribution in [2.75, 3.05) is 0 Å². The molecule has 14 heteroatoms. The van der Waals surface area contributed by atoms with Gasteiger partial charge in [0.1, 0.15) is 23.7 Å². The van der Waals surface area contributed by atoms with Gasteiger partial charge in [0.2, 0.25) is 17.7 Å². The van der Waals surface area contributed by atoms with Crippen molar-refractivity contribution in [2.24, 2.45) is 5.92 Å². The van der Waals surface area contributed by atoms with Crippen molar-refractivity contribution in [3.05, 3.63) is 106 Å². The average Bonchev–Trinajstić information content (AvgIpc) is 3.08. The Labute approximate surface area is 289 Å². The van der Waals surface area contributed by atoms with Crippen LogP contribution in [0, 0.1) is 22.8 Å². The van der Waals surface area contributed by atoms with Crippen molar-refractivity contribution in [2.45, 2.75) is 90.3 Å². The van der Waals surface area contributed by atoms with Crippen molar-refractivity contribution in [3.8, 4) is 0 Å². The standard InChI is InChI=1S/C36H45F2N5O7/c1-4-6-29(40-36(49)33(22(3)5-2)42-34(47)26-11-13-43(50)14-12-26)35(48)41-30(17-25-15-27(37)18-28(38)16-25)31(45)19-32(46)39-20-23-7-9-24(21-44)10-8-23/h7-16,18,22,29-31,33,44-45H,4-6,17,19-21H2,1-3H3,(H,39,46)(H,40,49)(H,41,48)(H,42,47)/t22-,29?,30-,31-,33-/m0/s1. The topological polar surface area (TPSA) is 184 Å². The SMILES string of the molecule is CCCC(NC(=O)[C@@H](NC(=O)c1cc[n+]([O-])cc1)[C@@H](C)CC)C(=O)N[C@@H](Cc1cc(F)cc(F)c1)[C@@H](O)CC(=O)NCc1ccc(CO)cc1. The molecule has 3 rings (SSSR count). The molecule has 5 atom stereocenters. The number of carbonyl (C=O) groups is 4. The predicted octanol–water partition coefficient (Wildman–Crippen LogP) is 2.31. The molecule has 1 heterocycles. The molecule has 0 aliphatic carbocycles. The highest BCUT2D eigenvalue weighted by Gasteiger charge is 2.32. The Morgan fingerprint density at radius 2 is 1.48 bits per heavy atom. The zero-order chi connectivity index (χ0) is 36.8. The molecule has 3 aromatic rings. The fourth-order valence-electron chi connectivity index (χ4n) is 5.23. The smallest absolute Gasteiger partial charge is 0.252 e. The number of benzene rings is 2. The number of halogens is 2. The third-order valence-electron chi connectivity index (χ3n) is 8.32. The van der Waals surface area contributed by atoms with Gasteiger partial charge >= 0.3 is 0 Å². The van der Waals surface area contributed by atoms with Gasteiger partial charge in [-0.1, -0.05) is 57.9 Å². The summed E-state index contributed by atoms with van der Waals surface area (Å²) in [5.74, 6) is -4.55. The van der Waals surface area contributed by atoms with Gasteiger partial charge in [0.05, 0.1) is 30.7 Å². The average molecular weight is 698 g/mol. The van der Waals surface area contributed by atoms with Gasteiger partial charge in [-0.05, 0) is 47.6 Å². The summed E-state index contributed by atoms with van der Waals surface area (Å²) in [4.78, 5) is 52.9. The molecule has 0 fully saturated rings. The third kappa shape index (κ3) is 12.2.